The van der Waals surface area contributed by atoms with Crippen molar-refractivity contribution in [2.24, 2.45) is 0 Å². The number of nitrogens with zero attached hydrogens (tertiary/aromatic N) is 1. The molecule has 0 saturated heterocycles. The molecule has 0 amide bonds. The Kier molecular flexibility index (Phi) is 5.38. The van der Waals surface area contributed by atoms with Crippen LogP contribution in [-0.4, -0.2) is 28.9 Å². The van der Waals surface area contributed by atoms with Crippen molar-refractivity contribution >= 4 is 11.6 Å². The van der Waals surface area contributed by atoms with Gasteiger partial charge in [0.25, 0.3) is 0 Å². The summed E-state index contributed by atoms with van der Waals surface area (Å²) in [6.07, 6.45) is -10.2. The van der Waals surface area contributed by atoms with E-state index in [1.165, 1.54) is 31.7 Å². The Morgan fingerprint density at radius 2 is 1.54 bits per heavy atom. The standard InChI is InChI=1S/C17H12ClF9N/c1-9-6-10(8-13(2,7-9)11-4-3-5-28-12(11)18)14(19,16(22,23)24)15(20,21)17(25,26)27/h3-8H,1-2H3. The summed E-state index contributed by atoms with van der Waals surface area (Å²) in [6, 6.07) is 2.62. The summed E-state index contributed by atoms with van der Waals surface area (Å²) in [6.45, 7) is 2.33. The fourth-order valence-electron chi connectivity index (χ4n) is 3.03. The predicted molar refractivity (Wildman–Crippen MR) is 83.6 cm³/mol. The van der Waals surface area contributed by atoms with Crippen LogP contribution in [0.1, 0.15) is 19.4 Å². The molecule has 1 aromatic rings. The van der Waals surface area contributed by atoms with Crippen molar-refractivity contribution < 1.29 is 39.5 Å². The van der Waals surface area contributed by atoms with E-state index in [2.05, 4.69) is 4.98 Å². The third-order valence-electron chi connectivity index (χ3n) is 4.28. The first-order valence-electron chi connectivity index (χ1n) is 7.56. The molecule has 2 rings (SSSR count). The molecule has 1 aliphatic rings. The van der Waals surface area contributed by atoms with Gasteiger partial charge >= 0.3 is 23.9 Å². The van der Waals surface area contributed by atoms with Gasteiger partial charge in [0.15, 0.2) is 0 Å². The lowest BCUT2D eigenvalue weighted by atomic mass is 9.70. The molecule has 0 fully saturated rings. The van der Waals surface area contributed by atoms with E-state index in [0.717, 1.165) is 6.92 Å². The second-order valence-electron chi connectivity index (χ2n) is 6.49. The van der Waals surface area contributed by atoms with Crippen LogP contribution >= 0.6 is 11.6 Å². The molecule has 0 aliphatic heterocycles. The Morgan fingerprint density at radius 1 is 0.964 bits per heavy atom. The van der Waals surface area contributed by atoms with Crippen molar-refractivity contribution in [2.75, 3.05) is 0 Å². The molecule has 0 aromatic carbocycles. The number of rotatable bonds is 3. The van der Waals surface area contributed by atoms with Gasteiger partial charge in [-0.05, 0) is 18.6 Å². The summed E-state index contributed by atoms with van der Waals surface area (Å²) in [7, 11) is 0. The number of pyridine rings is 1. The zero-order valence-electron chi connectivity index (χ0n) is 14.2. The van der Waals surface area contributed by atoms with Crippen molar-refractivity contribution in [2.45, 2.75) is 43.2 Å². The van der Waals surface area contributed by atoms with Crippen molar-refractivity contribution in [3.8, 4) is 0 Å². The molecule has 2 unspecified atom stereocenters. The van der Waals surface area contributed by atoms with Gasteiger partial charge in [-0.15, -0.1) is 0 Å². The van der Waals surface area contributed by atoms with Crippen LogP contribution in [0.25, 0.3) is 0 Å². The molecule has 0 bridgehead atoms. The van der Waals surface area contributed by atoms with Gasteiger partial charge in [-0.2, -0.15) is 35.1 Å². The predicted octanol–water partition coefficient (Wildman–Crippen LogP) is 6.55. The highest BCUT2D eigenvalue weighted by Crippen LogP contribution is 2.58. The first-order chi connectivity index (χ1) is 12.5. The topological polar surface area (TPSA) is 12.9 Å². The van der Waals surface area contributed by atoms with E-state index >= 15 is 0 Å². The molecular weight excluding hydrogens is 425 g/mol. The molecule has 1 nitrogen and oxygen atoms in total. The zero-order valence-corrected chi connectivity index (χ0v) is 14.9. The molecule has 11 heteroatoms. The van der Waals surface area contributed by atoms with Gasteiger partial charge in [0, 0.05) is 23.6 Å². The number of hydrogen-bond donors (Lipinski definition) is 0. The Morgan fingerprint density at radius 3 is 2.00 bits per heavy atom. The average molecular weight is 437 g/mol. The van der Waals surface area contributed by atoms with Crippen LogP contribution in [0, 0.1) is 6.42 Å². The Balaban J connectivity index is 2.80. The Bertz CT molecular complexity index is 825. The summed E-state index contributed by atoms with van der Waals surface area (Å²) in [4.78, 5) is 3.70. The van der Waals surface area contributed by atoms with Gasteiger partial charge in [0.2, 0.25) is 0 Å². The molecule has 1 aliphatic carbocycles. The van der Waals surface area contributed by atoms with Crippen molar-refractivity contribution in [1.29, 1.82) is 0 Å². The molecular formula is C17H12ClF9N. The summed E-state index contributed by atoms with van der Waals surface area (Å²) >= 11 is 5.89. The highest BCUT2D eigenvalue weighted by Gasteiger charge is 2.82. The first kappa shape index (κ1) is 22.6. The maximum Gasteiger partial charge on any atom is 0.457 e. The molecule has 0 spiro atoms. The smallest absolute Gasteiger partial charge is 0.244 e. The third-order valence-corrected chi connectivity index (χ3v) is 4.58. The maximum atomic E-state index is 14.8. The molecule has 1 heterocycles. The molecule has 2 atom stereocenters. The SMILES string of the molecule is CC1=CC(C(F)(C(F)(F)F)C(F)(F)C(F)(F)F)=CC(C)(c2cccnc2Cl)[CH]1. The summed E-state index contributed by atoms with van der Waals surface area (Å²) < 4.78 is 120. The number of aromatic nitrogens is 1. The highest BCUT2D eigenvalue weighted by atomic mass is 35.5. The van der Waals surface area contributed by atoms with Gasteiger partial charge in [0.05, 0.1) is 0 Å². The van der Waals surface area contributed by atoms with Crippen LogP contribution in [0.2, 0.25) is 5.15 Å². The minimum Gasteiger partial charge on any atom is -0.244 e. The number of hydrogen-bond acceptors (Lipinski definition) is 1. The third kappa shape index (κ3) is 3.40. The lowest BCUT2D eigenvalue weighted by Gasteiger charge is -2.40. The van der Waals surface area contributed by atoms with E-state index in [1.807, 2.05) is 0 Å². The van der Waals surface area contributed by atoms with E-state index in [4.69, 9.17) is 11.6 Å². The molecule has 1 aromatic heterocycles. The summed E-state index contributed by atoms with van der Waals surface area (Å²) in [5, 5.41) is -0.231. The van der Waals surface area contributed by atoms with Gasteiger partial charge < -0.3 is 0 Å². The lowest BCUT2D eigenvalue weighted by molar-refractivity contribution is -0.371. The highest BCUT2D eigenvalue weighted by molar-refractivity contribution is 6.30. The van der Waals surface area contributed by atoms with Crippen LogP contribution in [-0.2, 0) is 5.41 Å². The fraction of sp³-hybridized carbons (Fsp3) is 0.412. The Labute approximate surface area is 158 Å². The van der Waals surface area contributed by atoms with Gasteiger partial charge in [-0.25, -0.2) is 9.37 Å². The normalized spacial score (nSPS) is 23.7. The van der Waals surface area contributed by atoms with Crippen LogP contribution in [0.5, 0.6) is 0 Å². The van der Waals surface area contributed by atoms with E-state index in [1.54, 1.807) is 0 Å². The summed E-state index contributed by atoms with van der Waals surface area (Å²) in [5.41, 5.74) is -9.76. The lowest BCUT2D eigenvalue weighted by Crippen LogP contribution is -2.63. The van der Waals surface area contributed by atoms with E-state index in [-0.39, 0.29) is 16.3 Å². The second kappa shape index (κ2) is 6.67. The minimum atomic E-state index is -6.79. The van der Waals surface area contributed by atoms with Gasteiger partial charge in [-0.1, -0.05) is 42.3 Å². The quantitative estimate of drug-likeness (QED) is 0.387. The van der Waals surface area contributed by atoms with Crippen LogP contribution < -0.4 is 0 Å². The van der Waals surface area contributed by atoms with Crippen LogP contribution in [0.3, 0.4) is 0 Å². The molecule has 28 heavy (non-hydrogen) atoms. The largest absolute Gasteiger partial charge is 0.457 e. The molecule has 0 N–H and O–H groups in total. The van der Waals surface area contributed by atoms with Crippen LogP contribution in [0.4, 0.5) is 39.5 Å². The monoisotopic (exact) mass is 436 g/mol. The second-order valence-corrected chi connectivity index (χ2v) is 6.84. The van der Waals surface area contributed by atoms with Gasteiger partial charge in [0.1, 0.15) is 5.15 Å². The van der Waals surface area contributed by atoms with E-state index in [0.29, 0.717) is 12.2 Å². The summed E-state index contributed by atoms with van der Waals surface area (Å²) in [5.74, 6) is -6.74. The molecule has 0 saturated carbocycles. The van der Waals surface area contributed by atoms with Crippen LogP contribution in [0.15, 0.2) is 41.6 Å². The first-order valence-corrected chi connectivity index (χ1v) is 7.94. The minimum absolute atomic E-state index is 0.00136. The van der Waals surface area contributed by atoms with Gasteiger partial charge in [-0.3, -0.25) is 0 Å². The van der Waals surface area contributed by atoms with Crippen molar-refractivity contribution in [1.82, 2.24) is 4.98 Å². The van der Waals surface area contributed by atoms with E-state index < -0.39 is 34.9 Å². The number of halogens is 10. The molecule has 155 valence electrons. The maximum absolute atomic E-state index is 14.8. The van der Waals surface area contributed by atoms with Crippen molar-refractivity contribution in [3.05, 3.63) is 58.8 Å². The Hall–Kier alpha value is -1.71. The number of alkyl halides is 9. The number of allylic oxidation sites excluding steroid dienone is 4. The fourth-order valence-corrected chi connectivity index (χ4v) is 3.35. The van der Waals surface area contributed by atoms with E-state index in [9.17, 15) is 39.5 Å². The average Bonchev–Trinajstić information content (AvgIpc) is 2.51. The molecule has 1 radical (unpaired) electrons. The zero-order chi connectivity index (χ0) is 21.8. The van der Waals surface area contributed by atoms with Crippen molar-refractivity contribution in [3.63, 3.8) is 0 Å².